The summed E-state index contributed by atoms with van der Waals surface area (Å²) in [6.45, 7) is 2.35. The molecule has 1 amide bonds. The van der Waals surface area contributed by atoms with E-state index in [9.17, 15) is 18.0 Å². The molecule has 1 aliphatic rings. The van der Waals surface area contributed by atoms with Gasteiger partial charge in [0, 0.05) is 19.0 Å². The first-order chi connectivity index (χ1) is 10.8. The molecule has 126 valence electrons. The van der Waals surface area contributed by atoms with Gasteiger partial charge in [-0.05, 0) is 37.5 Å². The van der Waals surface area contributed by atoms with E-state index in [1.165, 1.54) is 12.1 Å². The molecule has 1 fully saturated rings. The fourth-order valence-electron chi connectivity index (χ4n) is 2.87. The van der Waals surface area contributed by atoms with Crippen molar-refractivity contribution in [1.82, 2.24) is 4.90 Å². The van der Waals surface area contributed by atoms with E-state index in [1.807, 2.05) is 6.92 Å². The Morgan fingerprint density at radius 2 is 1.91 bits per heavy atom. The van der Waals surface area contributed by atoms with E-state index in [2.05, 4.69) is 0 Å². The molecule has 2 rings (SSSR count). The number of aromatic carboxylic acids is 1. The Morgan fingerprint density at radius 1 is 1.26 bits per heavy atom. The van der Waals surface area contributed by atoms with E-state index in [0.717, 1.165) is 5.56 Å². The third-order valence-corrected chi connectivity index (χ3v) is 5.89. The minimum Gasteiger partial charge on any atom is -0.478 e. The van der Waals surface area contributed by atoms with Crippen LogP contribution in [0, 0.1) is 0 Å². The first-order valence-electron chi connectivity index (χ1n) is 7.64. The van der Waals surface area contributed by atoms with Crippen molar-refractivity contribution in [3.05, 3.63) is 35.4 Å². The standard InChI is InChI=1S/C16H21NO5S/c1-2-17(14-9-10-23(21,22)11-14)15(18)8-5-12-3-6-13(7-4-12)16(19)20/h3-4,6-7,14H,2,5,8-11H2,1H3,(H,19,20). The van der Waals surface area contributed by atoms with Crippen LogP contribution in [0.2, 0.25) is 0 Å². The molecule has 1 aromatic rings. The number of carboxylic acid groups (broad SMARTS) is 1. The van der Waals surface area contributed by atoms with Gasteiger partial charge in [0.15, 0.2) is 9.84 Å². The number of hydrogen-bond donors (Lipinski definition) is 1. The van der Waals surface area contributed by atoms with Crippen LogP contribution >= 0.6 is 0 Å². The Kier molecular flexibility index (Phi) is 5.41. The van der Waals surface area contributed by atoms with E-state index in [4.69, 9.17) is 5.11 Å². The van der Waals surface area contributed by atoms with Gasteiger partial charge in [0.1, 0.15) is 0 Å². The molecule has 1 aliphatic heterocycles. The minimum atomic E-state index is -3.01. The number of rotatable bonds is 6. The highest BCUT2D eigenvalue weighted by molar-refractivity contribution is 7.91. The number of carboxylic acids is 1. The van der Waals surface area contributed by atoms with Crippen molar-refractivity contribution in [2.24, 2.45) is 0 Å². The quantitative estimate of drug-likeness (QED) is 0.845. The Hall–Kier alpha value is -1.89. The molecule has 7 heteroatoms. The van der Waals surface area contributed by atoms with Gasteiger partial charge in [0.2, 0.25) is 5.91 Å². The molecule has 0 bridgehead atoms. The molecule has 6 nitrogen and oxygen atoms in total. The van der Waals surface area contributed by atoms with Crippen molar-refractivity contribution in [3.8, 4) is 0 Å². The van der Waals surface area contributed by atoms with Crippen LogP contribution in [-0.4, -0.2) is 54.4 Å². The number of sulfone groups is 1. The van der Waals surface area contributed by atoms with Crippen LogP contribution < -0.4 is 0 Å². The molecule has 1 saturated heterocycles. The molecule has 1 unspecified atom stereocenters. The lowest BCUT2D eigenvalue weighted by molar-refractivity contribution is -0.132. The van der Waals surface area contributed by atoms with Crippen LogP contribution in [0.3, 0.4) is 0 Å². The third-order valence-electron chi connectivity index (χ3n) is 4.14. The number of nitrogens with zero attached hydrogens (tertiary/aromatic N) is 1. The topological polar surface area (TPSA) is 91.8 Å². The molecule has 0 aromatic heterocycles. The summed E-state index contributed by atoms with van der Waals surface area (Å²) in [7, 11) is -3.01. The van der Waals surface area contributed by atoms with Crippen LogP contribution in [0.4, 0.5) is 0 Å². The first kappa shape index (κ1) is 17.5. The molecule has 1 aromatic carbocycles. The molecule has 0 spiro atoms. The number of benzene rings is 1. The number of amides is 1. The zero-order chi connectivity index (χ0) is 17.0. The Labute approximate surface area is 136 Å². The smallest absolute Gasteiger partial charge is 0.335 e. The van der Waals surface area contributed by atoms with Gasteiger partial charge in [-0.3, -0.25) is 4.79 Å². The summed E-state index contributed by atoms with van der Waals surface area (Å²) in [5.74, 6) is -0.831. The summed E-state index contributed by atoms with van der Waals surface area (Å²) in [5.41, 5.74) is 1.10. The van der Waals surface area contributed by atoms with Gasteiger partial charge in [0.25, 0.3) is 0 Å². The van der Waals surface area contributed by atoms with Crippen molar-refractivity contribution >= 4 is 21.7 Å². The number of carbonyl (C=O) groups excluding carboxylic acids is 1. The summed E-state index contributed by atoms with van der Waals surface area (Å²) >= 11 is 0. The van der Waals surface area contributed by atoms with E-state index in [-0.39, 0.29) is 35.4 Å². The Balaban J connectivity index is 1.93. The van der Waals surface area contributed by atoms with Crippen molar-refractivity contribution in [2.45, 2.75) is 32.2 Å². The fraction of sp³-hybridized carbons (Fsp3) is 0.500. The van der Waals surface area contributed by atoms with Gasteiger partial charge in [-0.15, -0.1) is 0 Å². The molecule has 0 radical (unpaired) electrons. The highest BCUT2D eigenvalue weighted by atomic mass is 32.2. The van der Waals surface area contributed by atoms with E-state index in [0.29, 0.717) is 19.4 Å². The van der Waals surface area contributed by atoms with Gasteiger partial charge in [-0.25, -0.2) is 13.2 Å². The lowest BCUT2D eigenvalue weighted by Gasteiger charge is -2.27. The summed E-state index contributed by atoms with van der Waals surface area (Å²) < 4.78 is 23.1. The summed E-state index contributed by atoms with van der Waals surface area (Å²) in [5, 5.41) is 8.85. The van der Waals surface area contributed by atoms with Crippen LogP contribution in [0.25, 0.3) is 0 Å². The molecular weight excluding hydrogens is 318 g/mol. The molecule has 0 aliphatic carbocycles. The van der Waals surface area contributed by atoms with Crippen molar-refractivity contribution in [2.75, 3.05) is 18.1 Å². The molecule has 0 saturated carbocycles. The second kappa shape index (κ2) is 7.12. The molecule has 1 heterocycles. The molecule has 1 N–H and O–H groups in total. The lowest BCUT2D eigenvalue weighted by Crippen LogP contribution is -2.41. The van der Waals surface area contributed by atoms with Gasteiger partial charge < -0.3 is 10.0 Å². The SMILES string of the molecule is CCN(C(=O)CCc1ccc(C(=O)O)cc1)C1CCS(=O)(=O)C1. The largest absolute Gasteiger partial charge is 0.478 e. The van der Waals surface area contributed by atoms with Crippen molar-refractivity contribution in [1.29, 1.82) is 0 Å². The second-order valence-electron chi connectivity index (χ2n) is 5.74. The zero-order valence-corrected chi connectivity index (χ0v) is 13.9. The van der Waals surface area contributed by atoms with Gasteiger partial charge in [0.05, 0.1) is 17.1 Å². The predicted octanol–water partition coefficient (Wildman–Crippen LogP) is 1.35. The van der Waals surface area contributed by atoms with E-state index in [1.54, 1.807) is 17.0 Å². The van der Waals surface area contributed by atoms with Gasteiger partial charge in [-0.2, -0.15) is 0 Å². The average Bonchev–Trinajstić information content (AvgIpc) is 2.86. The van der Waals surface area contributed by atoms with Crippen LogP contribution in [0.5, 0.6) is 0 Å². The van der Waals surface area contributed by atoms with Crippen molar-refractivity contribution < 1.29 is 23.1 Å². The highest BCUT2D eigenvalue weighted by Gasteiger charge is 2.33. The summed E-state index contributed by atoms with van der Waals surface area (Å²) in [4.78, 5) is 24.8. The minimum absolute atomic E-state index is 0.0554. The van der Waals surface area contributed by atoms with Gasteiger partial charge in [-0.1, -0.05) is 12.1 Å². The molecule has 1 atom stereocenters. The lowest BCUT2D eigenvalue weighted by atomic mass is 10.1. The summed E-state index contributed by atoms with van der Waals surface area (Å²) in [6, 6.07) is 6.22. The maximum atomic E-state index is 12.4. The first-order valence-corrected chi connectivity index (χ1v) is 9.46. The fourth-order valence-corrected chi connectivity index (χ4v) is 4.60. The van der Waals surface area contributed by atoms with E-state index >= 15 is 0 Å². The monoisotopic (exact) mass is 339 g/mol. The number of carbonyl (C=O) groups is 2. The maximum absolute atomic E-state index is 12.4. The van der Waals surface area contributed by atoms with Gasteiger partial charge >= 0.3 is 5.97 Å². The second-order valence-corrected chi connectivity index (χ2v) is 7.97. The van der Waals surface area contributed by atoms with Crippen LogP contribution in [0.15, 0.2) is 24.3 Å². The average molecular weight is 339 g/mol. The maximum Gasteiger partial charge on any atom is 0.335 e. The van der Waals surface area contributed by atoms with Crippen LogP contribution in [-0.2, 0) is 21.1 Å². The summed E-state index contributed by atoms with van der Waals surface area (Å²) in [6.07, 6.45) is 1.31. The normalized spacial score (nSPS) is 19.4. The Bertz CT molecular complexity index is 681. The molecule has 23 heavy (non-hydrogen) atoms. The zero-order valence-electron chi connectivity index (χ0n) is 13.1. The predicted molar refractivity (Wildman–Crippen MR) is 86.2 cm³/mol. The number of hydrogen-bond acceptors (Lipinski definition) is 4. The van der Waals surface area contributed by atoms with E-state index < -0.39 is 15.8 Å². The van der Waals surface area contributed by atoms with Crippen molar-refractivity contribution in [3.63, 3.8) is 0 Å². The van der Waals surface area contributed by atoms with Crippen LogP contribution in [0.1, 0.15) is 35.7 Å². The highest BCUT2D eigenvalue weighted by Crippen LogP contribution is 2.19. The Morgan fingerprint density at radius 3 is 2.39 bits per heavy atom. The third kappa shape index (κ3) is 4.54. The number of aryl methyl sites for hydroxylation is 1. The molecular formula is C16H21NO5S.